The number of rotatable bonds is 5. The first-order chi connectivity index (χ1) is 15.8. The van der Waals surface area contributed by atoms with Gasteiger partial charge in [-0.05, 0) is 42.8 Å². The second-order valence-corrected chi connectivity index (χ2v) is 7.74. The van der Waals surface area contributed by atoms with Crippen LogP contribution in [0.5, 0.6) is 5.75 Å². The van der Waals surface area contributed by atoms with Crippen molar-refractivity contribution in [1.82, 2.24) is 19.8 Å². The molecule has 0 saturated carbocycles. The summed E-state index contributed by atoms with van der Waals surface area (Å²) in [4.78, 5) is 24.2. The zero-order valence-electron chi connectivity index (χ0n) is 18.1. The first-order valence-corrected chi connectivity index (χ1v) is 10.5. The van der Waals surface area contributed by atoms with Gasteiger partial charge >= 0.3 is 6.18 Å². The fourth-order valence-electron chi connectivity index (χ4n) is 3.79. The van der Waals surface area contributed by atoms with Crippen LogP contribution in [-0.2, 0) is 6.18 Å². The molecular formula is C23H23ClF4N4O2. The van der Waals surface area contributed by atoms with Gasteiger partial charge in [-0.2, -0.15) is 13.2 Å². The highest BCUT2D eigenvalue weighted by Crippen LogP contribution is 2.33. The third kappa shape index (κ3) is 6.12. The summed E-state index contributed by atoms with van der Waals surface area (Å²) in [6.07, 6.45) is -1.38. The quantitative estimate of drug-likeness (QED) is 0.487. The van der Waals surface area contributed by atoms with Crippen LogP contribution in [0.3, 0.4) is 0 Å². The maximum Gasteiger partial charge on any atom is 0.434 e. The Labute approximate surface area is 199 Å². The van der Waals surface area contributed by atoms with E-state index in [1.54, 1.807) is 12.1 Å². The number of halogens is 5. The lowest BCUT2D eigenvalue weighted by atomic mass is 10.1. The Morgan fingerprint density at radius 3 is 2.56 bits per heavy atom. The summed E-state index contributed by atoms with van der Waals surface area (Å²) >= 11 is 0. The van der Waals surface area contributed by atoms with Gasteiger partial charge in [0.05, 0.1) is 11.1 Å². The van der Waals surface area contributed by atoms with Crippen molar-refractivity contribution < 1.29 is 27.1 Å². The van der Waals surface area contributed by atoms with Crippen molar-refractivity contribution in [3.63, 3.8) is 0 Å². The maximum absolute atomic E-state index is 13.7. The third-order valence-electron chi connectivity index (χ3n) is 5.48. The summed E-state index contributed by atoms with van der Waals surface area (Å²) in [5.74, 6) is -0.475. The van der Waals surface area contributed by atoms with Gasteiger partial charge in [-0.25, -0.2) is 9.37 Å². The second-order valence-electron chi connectivity index (χ2n) is 7.74. The lowest BCUT2D eigenvalue weighted by molar-refractivity contribution is -0.141. The molecule has 1 aliphatic rings. The first kappa shape index (κ1) is 25.6. The Morgan fingerprint density at radius 2 is 1.82 bits per heavy atom. The van der Waals surface area contributed by atoms with E-state index in [9.17, 15) is 22.4 Å². The van der Waals surface area contributed by atoms with E-state index >= 15 is 0 Å². The third-order valence-corrected chi connectivity index (χ3v) is 5.48. The van der Waals surface area contributed by atoms with Gasteiger partial charge in [0.25, 0.3) is 5.91 Å². The van der Waals surface area contributed by atoms with Gasteiger partial charge in [0.15, 0.2) is 5.69 Å². The summed E-state index contributed by atoms with van der Waals surface area (Å²) < 4.78 is 59.6. The Kier molecular flexibility index (Phi) is 8.27. The number of carbonyl (C=O) groups excluding carboxylic acids is 1. The van der Waals surface area contributed by atoms with Crippen molar-refractivity contribution in [2.75, 3.05) is 39.3 Å². The molecule has 1 amide bonds. The number of benzene rings is 1. The van der Waals surface area contributed by atoms with Crippen LogP contribution in [0.1, 0.15) is 22.5 Å². The average molecular weight is 499 g/mol. The molecule has 0 spiro atoms. The Bertz CT molecular complexity index is 1130. The van der Waals surface area contributed by atoms with Crippen LogP contribution in [0.2, 0.25) is 0 Å². The molecule has 2 aromatic heterocycles. The van der Waals surface area contributed by atoms with Crippen LogP contribution in [0, 0.1) is 5.82 Å². The van der Waals surface area contributed by atoms with Crippen molar-refractivity contribution in [3.8, 4) is 5.75 Å². The van der Waals surface area contributed by atoms with Crippen molar-refractivity contribution in [2.24, 2.45) is 0 Å². The summed E-state index contributed by atoms with van der Waals surface area (Å²) in [7, 11) is 0. The summed E-state index contributed by atoms with van der Waals surface area (Å²) in [6, 6.07) is 8.33. The zero-order valence-corrected chi connectivity index (χ0v) is 18.9. The first-order valence-electron chi connectivity index (χ1n) is 10.5. The molecule has 0 aliphatic carbocycles. The van der Waals surface area contributed by atoms with Crippen molar-refractivity contribution >= 4 is 29.2 Å². The molecule has 0 radical (unpaired) electrons. The molecule has 3 aromatic rings. The minimum atomic E-state index is -4.75. The van der Waals surface area contributed by atoms with Crippen LogP contribution in [0.4, 0.5) is 17.6 Å². The lowest BCUT2D eigenvalue weighted by Gasteiger charge is -2.23. The van der Waals surface area contributed by atoms with Crippen molar-refractivity contribution in [2.45, 2.75) is 12.6 Å². The highest BCUT2D eigenvalue weighted by Gasteiger charge is 2.38. The fraction of sp³-hybridized carbons (Fsp3) is 0.348. The minimum Gasteiger partial charge on any atom is -0.492 e. The van der Waals surface area contributed by atoms with Crippen LogP contribution in [0.25, 0.3) is 10.9 Å². The van der Waals surface area contributed by atoms with E-state index in [0.29, 0.717) is 50.3 Å². The minimum absolute atomic E-state index is 0. The summed E-state index contributed by atoms with van der Waals surface area (Å²) in [6.45, 7) is 2.77. The molecule has 1 aromatic carbocycles. The number of fused-ring (bicyclic) bond motifs is 1. The predicted octanol–water partition coefficient (Wildman–Crippen LogP) is 4.44. The van der Waals surface area contributed by atoms with E-state index in [-0.39, 0.29) is 30.3 Å². The van der Waals surface area contributed by atoms with E-state index in [1.807, 2.05) is 0 Å². The maximum atomic E-state index is 13.7. The molecule has 1 fully saturated rings. The van der Waals surface area contributed by atoms with Gasteiger partial charge in [0, 0.05) is 50.5 Å². The lowest BCUT2D eigenvalue weighted by Crippen LogP contribution is -2.37. The van der Waals surface area contributed by atoms with Gasteiger partial charge < -0.3 is 9.64 Å². The smallest absolute Gasteiger partial charge is 0.434 e. The Balaban J connectivity index is 0.00000324. The van der Waals surface area contributed by atoms with Gasteiger partial charge in [0.1, 0.15) is 18.2 Å². The van der Waals surface area contributed by atoms with E-state index in [2.05, 4.69) is 14.9 Å². The fourth-order valence-corrected chi connectivity index (χ4v) is 3.79. The van der Waals surface area contributed by atoms with Gasteiger partial charge in [-0.3, -0.25) is 14.7 Å². The number of nitrogens with zero attached hydrogens (tertiary/aromatic N) is 4. The molecule has 0 atom stereocenters. The van der Waals surface area contributed by atoms with E-state index in [1.165, 1.54) is 41.6 Å². The molecule has 0 N–H and O–H groups in total. The summed E-state index contributed by atoms with van der Waals surface area (Å²) in [5, 5.41) is 0.378. The SMILES string of the molecule is Cl.O=C(c1cc2cnccc2nc1C(F)(F)F)N1CCCN(CCOc2ccc(F)cc2)CC1. The number of carbonyl (C=O) groups is 1. The van der Waals surface area contributed by atoms with Gasteiger partial charge in [0.2, 0.25) is 0 Å². The molecule has 3 heterocycles. The molecule has 0 bridgehead atoms. The number of pyridine rings is 2. The van der Waals surface area contributed by atoms with E-state index in [0.717, 1.165) is 0 Å². The molecule has 4 rings (SSSR count). The standard InChI is InChI=1S/C23H22F4N4O2.ClH/c24-17-2-4-18(5-3-17)33-13-12-30-8-1-9-31(11-10-30)22(32)19-14-16-15-28-7-6-20(16)29-21(19)23(25,26)27;/h2-7,14-15H,1,8-13H2;1H. The predicted molar refractivity (Wildman–Crippen MR) is 121 cm³/mol. The monoisotopic (exact) mass is 498 g/mol. The largest absolute Gasteiger partial charge is 0.492 e. The van der Waals surface area contributed by atoms with Crippen molar-refractivity contribution in [1.29, 1.82) is 0 Å². The number of alkyl halides is 3. The van der Waals surface area contributed by atoms with Crippen molar-refractivity contribution in [3.05, 3.63) is 65.9 Å². The zero-order chi connectivity index (χ0) is 23.4. The van der Waals surface area contributed by atoms with Crippen LogP contribution in [-0.4, -0.2) is 65.0 Å². The molecule has 0 unspecified atom stereocenters. The normalized spacial score (nSPS) is 15.0. The Hall–Kier alpha value is -2.98. The van der Waals surface area contributed by atoms with Crippen LogP contribution < -0.4 is 4.74 Å². The topological polar surface area (TPSA) is 58.6 Å². The molecule has 1 aliphatic heterocycles. The molecule has 34 heavy (non-hydrogen) atoms. The van der Waals surface area contributed by atoms with Crippen LogP contribution >= 0.6 is 12.4 Å². The second kappa shape index (κ2) is 11.0. The summed E-state index contributed by atoms with van der Waals surface area (Å²) in [5.41, 5.74) is -1.51. The highest BCUT2D eigenvalue weighted by atomic mass is 35.5. The number of ether oxygens (including phenoxy) is 1. The van der Waals surface area contributed by atoms with Gasteiger partial charge in [-0.15, -0.1) is 12.4 Å². The number of aromatic nitrogens is 2. The Morgan fingerprint density at radius 1 is 1.06 bits per heavy atom. The number of hydrogen-bond acceptors (Lipinski definition) is 5. The number of hydrogen-bond donors (Lipinski definition) is 0. The average Bonchev–Trinajstić information content (AvgIpc) is 3.04. The molecule has 6 nitrogen and oxygen atoms in total. The molecule has 182 valence electrons. The number of amides is 1. The van der Waals surface area contributed by atoms with E-state index < -0.39 is 23.3 Å². The van der Waals surface area contributed by atoms with Crippen LogP contribution in [0.15, 0.2) is 48.8 Å². The van der Waals surface area contributed by atoms with Gasteiger partial charge in [-0.1, -0.05) is 0 Å². The molecule has 1 saturated heterocycles. The molecule has 11 heteroatoms. The van der Waals surface area contributed by atoms with E-state index in [4.69, 9.17) is 4.74 Å². The highest BCUT2D eigenvalue weighted by molar-refractivity contribution is 5.98. The molecular weight excluding hydrogens is 476 g/mol.